The van der Waals surface area contributed by atoms with Crippen LogP contribution in [0, 0.1) is 22.7 Å². The summed E-state index contributed by atoms with van der Waals surface area (Å²) in [6.07, 6.45) is 8.02. The Kier molecular flexibility index (Phi) is 5.22. The summed E-state index contributed by atoms with van der Waals surface area (Å²) in [4.78, 5) is 38.5. The second kappa shape index (κ2) is 7.74. The largest absolute Gasteiger partial charge is 0.481 e. The number of carboxylic acid groups (broad SMARTS) is 1. The van der Waals surface area contributed by atoms with E-state index >= 15 is 0 Å². The number of benzene rings is 1. The molecule has 1 aromatic rings. The molecule has 4 aliphatic carbocycles. The van der Waals surface area contributed by atoms with Gasteiger partial charge in [0.2, 0.25) is 0 Å². The zero-order chi connectivity index (χ0) is 23.4. The molecule has 6 rings (SSSR count). The van der Waals surface area contributed by atoms with Crippen LogP contribution in [0.15, 0.2) is 24.3 Å². The quantitative estimate of drug-likeness (QED) is 0.625. The van der Waals surface area contributed by atoms with E-state index in [0.29, 0.717) is 53.9 Å². The highest BCUT2D eigenvalue weighted by molar-refractivity contribution is 5.95. The number of amides is 3. The molecule has 1 aliphatic heterocycles. The minimum absolute atomic E-state index is 0.0927. The van der Waals surface area contributed by atoms with Gasteiger partial charge >= 0.3 is 12.0 Å². The number of anilines is 1. The average molecular weight is 454 g/mol. The summed E-state index contributed by atoms with van der Waals surface area (Å²) in [7, 11) is 0. The van der Waals surface area contributed by atoms with E-state index in [-0.39, 0.29) is 23.4 Å². The first kappa shape index (κ1) is 22.2. The number of hydrogen-bond acceptors (Lipinski definition) is 3. The Hall–Kier alpha value is -2.57. The first-order valence-electron chi connectivity index (χ1n) is 12.3. The lowest BCUT2D eigenvalue weighted by atomic mass is 9.43. The molecule has 1 aromatic carbocycles. The molecule has 5 fully saturated rings. The molecule has 2 unspecified atom stereocenters. The van der Waals surface area contributed by atoms with Crippen LogP contribution in [-0.2, 0) is 4.79 Å². The lowest BCUT2D eigenvalue weighted by molar-refractivity contribution is -0.143. The van der Waals surface area contributed by atoms with E-state index in [1.807, 2.05) is 0 Å². The molecule has 1 heterocycles. The van der Waals surface area contributed by atoms with Crippen molar-refractivity contribution in [3.8, 4) is 0 Å². The van der Waals surface area contributed by atoms with Gasteiger partial charge in [0, 0.05) is 29.9 Å². The number of rotatable bonds is 4. The third-order valence-corrected chi connectivity index (χ3v) is 8.53. The van der Waals surface area contributed by atoms with Crippen molar-refractivity contribution < 1.29 is 19.5 Å². The molecule has 0 radical (unpaired) electrons. The third-order valence-electron chi connectivity index (χ3n) is 8.53. The summed E-state index contributed by atoms with van der Waals surface area (Å²) in [5.41, 5.74) is 1.78. The number of hydrogen-bond donors (Lipinski definition) is 3. The van der Waals surface area contributed by atoms with E-state index in [1.165, 1.54) is 19.3 Å². The summed E-state index contributed by atoms with van der Waals surface area (Å²) in [6.45, 7) is 5.70. The van der Waals surface area contributed by atoms with Crippen LogP contribution < -0.4 is 10.6 Å². The number of carbonyl (C=O) groups excluding carboxylic acids is 2. The molecule has 178 valence electrons. The Bertz CT molecular complexity index is 948. The molecule has 7 nitrogen and oxygen atoms in total. The van der Waals surface area contributed by atoms with Gasteiger partial charge in [-0.25, -0.2) is 4.79 Å². The molecule has 4 saturated carbocycles. The van der Waals surface area contributed by atoms with Gasteiger partial charge in [-0.05, 0) is 92.4 Å². The van der Waals surface area contributed by atoms with Gasteiger partial charge in [0.15, 0.2) is 0 Å². The fourth-order valence-electron chi connectivity index (χ4n) is 8.20. The number of piperidine rings is 1. The highest BCUT2D eigenvalue weighted by Crippen LogP contribution is 2.66. The van der Waals surface area contributed by atoms with Crippen molar-refractivity contribution in [3.63, 3.8) is 0 Å². The second-order valence-electron chi connectivity index (χ2n) is 12.0. The average Bonchev–Trinajstić information content (AvgIpc) is 2.70. The number of carboxylic acids is 1. The zero-order valence-electron chi connectivity index (χ0n) is 19.7. The molecule has 0 aromatic heterocycles. The highest BCUT2D eigenvalue weighted by atomic mass is 16.4. The van der Waals surface area contributed by atoms with Gasteiger partial charge in [-0.2, -0.15) is 0 Å². The third kappa shape index (κ3) is 4.34. The fraction of sp³-hybridized carbons (Fsp3) is 0.654. The maximum atomic E-state index is 12.9. The topological polar surface area (TPSA) is 98.7 Å². The van der Waals surface area contributed by atoms with E-state index in [4.69, 9.17) is 5.11 Å². The van der Waals surface area contributed by atoms with Gasteiger partial charge in [0.25, 0.3) is 5.91 Å². The van der Waals surface area contributed by atoms with Crippen LogP contribution in [0.25, 0.3) is 0 Å². The molecular weight excluding hydrogens is 418 g/mol. The van der Waals surface area contributed by atoms with Gasteiger partial charge in [-0.1, -0.05) is 13.8 Å². The van der Waals surface area contributed by atoms with Gasteiger partial charge in [0.1, 0.15) is 0 Å². The monoisotopic (exact) mass is 453 g/mol. The number of nitrogens with zero attached hydrogens (tertiary/aromatic N) is 1. The van der Waals surface area contributed by atoms with Gasteiger partial charge in [-0.15, -0.1) is 0 Å². The lowest BCUT2D eigenvalue weighted by Crippen LogP contribution is -2.65. The van der Waals surface area contributed by atoms with Crippen LogP contribution >= 0.6 is 0 Å². The molecule has 5 aliphatic rings. The summed E-state index contributed by atoms with van der Waals surface area (Å²) >= 11 is 0. The molecule has 1 saturated heterocycles. The molecule has 2 atom stereocenters. The maximum absolute atomic E-state index is 12.9. The number of nitrogens with one attached hydrogen (secondary N) is 2. The predicted octanol–water partition coefficient (Wildman–Crippen LogP) is 4.49. The smallest absolute Gasteiger partial charge is 0.319 e. The van der Waals surface area contributed by atoms with Crippen molar-refractivity contribution in [3.05, 3.63) is 29.8 Å². The molecule has 7 heteroatoms. The molecule has 3 amide bonds. The summed E-state index contributed by atoms with van der Waals surface area (Å²) in [6, 6.07) is 6.82. The van der Waals surface area contributed by atoms with E-state index in [9.17, 15) is 14.4 Å². The van der Waals surface area contributed by atoms with E-state index in [0.717, 1.165) is 19.3 Å². The van der Waals surface area contributed by atoms with Crippen LogP contribution in [0.1, 0.15) is 75.6 Å². The number of carbonyl (C=O) groups is 3. The normalized spacial score (nSPS) is 35.3. The summed E-state index contributed by atoms with van der Waals surface area (Å²) in [5, 5.41) is 15.4. The number of aliphatic carboxylic acids is 1. The van der Waals surface area contributed by atoms with Crippen molar-refractivity contribution in [1.82, 2.24) is 10.2 Å². The highest BCUT2D eigenvalue weighted by Gasteiger charge is 2.60. The van der Waals surface area contributed by atoms with Crippen molar-refractivity contribution in [2.24, 2.45) is 22.7 Å². The molecule has 3 N–H and O–H groups in total. The summed E-state index contributed by atoms with van der Waals surface area (Å²) < 4.78 is 0. The Morgan fingerprint density at radius 2 is 1.55 bits per heavy atom. The predicted molar refractivity (Wildman–Crippen MR) is 125 cm³/mol. The van der Waals surface area contributed by atoms with Crippen molar-refractivity contribution in [1.29, 1.82) is 0 Å². The van der Waals surface area contributed by atoms with Crippen LogP contribution in [0.4, 0.5) is 10.5 Å². The van der Waals surface area contributed by atoms with E-state index in [1.54, 1.807) is 29.2 Å². The maximum Gasteiger partial charge on any atom is 0.319 e. The van der Waals surface area contributed by atoms with Crippen LogP contribution in [0.5, 0.6) is 0 Å². The molecule has 33 heavy (non-hydrogen) atoms. The first-order valence-corrected chi connectivity index (χ1v) is 12.3. The first-order chi connectivity index (χ1) is 15.6. The van der Waals surface area contributed by atoms with Gasteiger partial charge in [-0.3, -0.25) is 9.59 Å². The molecule has 0 spiro atoms. The Morgan fingerprint density at radius 1 is 0.939 bits per heavy atom. The minimum Gasteiger partial charge on any atom is -0.481 e. The Labute approximate surface area is 195 Å². The summed E-state index contributed by atoms with van der Waals surface area (Å²) in [5.74, 6) is -0.529. The Balaban J connectivity index is 1.18. The SMILES string of the molecule is CC12CC3CC(C)(C1)CC(NC(=O)Nc1ccc(C(=O)N4CCC(C(=O)O)CC4)cc1)(C3)C2. The van der Waals surface area contributed by atoms with Crippen LogP contribution in [0.3, 0.4) is 0 Å². The van der Waals surface area contributed by atoms with Crippen molar-refractivity contribution in [2.75, 3.05) is 18.4 Å². The lowest BCUT2D eigenvalue weighted by Gasteiger charge is -2.65. The Morgan fingerprint density at radius 3 is 2.09 bits per heavy atom. The number of urea groups is 1. The molecular formula is C26H35N3O4. The minimum atomic E-state index is -0.785. The van der Waals surface area contributed by atoms with E-state index in [2.05, 4.69) is 24.5 Å². The number of likely N-dealkylation sites (tertiary alicyclic amines) is 1. The fourth-order valence-corrected chi connectivity index (χ4v) is 8.20. The van der Waals surface area contributed by atoms with Crippen molar-refractivity contribution in [2.45, 2.75) is 70.8 Å². The van der Waals surface area contributed by atoms with E-state index < -0.39 is 5.97 Å². The van der Waals surface area contributed by atoms with Crippen LogP contribution in [-0.4, -0.2) is 46.5 Å². The second-order valence-corrected chi connectivity index (χ2v) is 12.0. The standard InChI is InChI=1S/C26H35N3O4/c1-24-11-17-12-25(2,14-24)16-26(13-17,15-24)28-23(33)27-20-5-3-18(4-6-20)21(30)29-9-7-19(8-10-29)22(31)32/h3-6,17,19H,7-16H2,1-2H3,(H,31,32)(H2,27,28,33). The van der Waals surface area contributed by atoms with Crippen LogP contribution in [0.2, 0.25) is 0 Å². The zero-order valence-corrected chi connectivity index (χ0v) is 19.7. The van der Waals surface area contributed by atoms with Crippen molar-refractivity contribution >= 4 is 23.6 Å². The van der Waals surface area contributed by atoms with Gasteiger partial charge in [0.05, 0.1) is 5.92 Å². The molecule has 4 bridgehead atoms. The van der Waals surface area contributed by atoms with Gasteiger partial charge < -0.3 is 20.6 Å².